The van der Waals surface area contributed by atoms with Crippen molar-refractivity contribution in [1.82, 2.24) is 4.98 Å². The molecule has 0 saturated carbocycles. The number of hydrogen-bond acceptors (Lipinski definition) is 4. The normalized spacial score (nSPS) is 10.1. The van der Waals surface area contributed by atoms with Crippen molar-refractivity contribution >= 4 is 15.9 Å². The minimum absolute atomic E-state index is 0.412. The van der Waals surface area contributed by atoms with Crippen LogP contribution in [0.1, 0.15) is 5.56 Å². The van der Waals surface area contributed by atoms with Gasteiger partial charge in [0.15, 0.2) is 0 Å². The highest BCUT2D eigenvalue weighted by molar-refractivity contribution is 9.10. The third kappa shape index (κ3) is 3.38. The Balaban J connectivity index is 2.13. The number of halogens is 1. The van der Waals surface area contributed by atoms with E-state index < -0.39 is 0 Å². The molecule has 19 heavy (non-hydrogen) atoms. The predicted octanol–water partition coefficient (Wildman–Crippen LogP) is 3.44. The Bertz CT molecular complexity index is 560. The number of hydrogen-bond donors (Lipinski definition) is 0. The van der Waals surface area contributed by atoms with E-state index in [1.165, 1.54) is 0 Å². The largest absolute Gasteiger partial charge is 0.497 e. The van der Waals surface area contributed by atoms with Crippen LogP contribution >= 0.6 is 15.9 Å². The summed E-state index contributed by atoms with van der Waals surface area (Å²) in [5, 5.41) is 0. The summed E-state index contributed by atoms with van der Waals surface area (Å²) in [7, 11) is 3.25. The summed E-state index contributed by atoms with van der Waals surface area (Å²) in [5.41, 5.74) is 0.951. The lowest BCUT2D eigenvalue weighted by Crippen LogP contribution is -2.00. The average molecular weight is 324 g/mol. The number of pyridine rings is 1. The Kier molecular flexibility index (Phi) is 4.63. The molecule has 0 bridgehead atoms. The fourth-order valence-electron chi connectivity index (χ4n) is 1.61. The molecule has 1 aromatic heterocycles. The highest BCUT2D eigenvalue weighted by atomic mass is 79.9. The minimum Gasteiger partial charge on any atom is -0.497 e. The van der Waals surface area contributed by atoms with Gasteiger partial charge in [0.1, 0.15) is 23.9 Å². The highest BCUT2D eigenvalue weighted by Crippen LogP contribution is 2.28. The molecule has 0 aliphatic rings. The van der Waals surface area contributed by atoms with Gasteiger partial charge in [-0.3, -0.25) is 4.98 Å². The van der Waals surface area contributed by atoms with Crippen LogP contribution in [0.4, 0.5) is 0 Å². The third-order valence-electron chi connectivity index (χ3n) is 2.61. The van der Waals surface area contributed by atoms with Crippen LogP contribution in [0.25, 0.3) is 0 Å². The van der Waals surface area contributed by atoms with Gasteiger partial charge in [0.25, 0.3) is 0 Å². The molecule has 0 amide bonds. The summed E-state index contributed by atoms with van der Waals surface area (Å²) < 4.78 is 17.0. The average Bonchev–Trinajstić information content (AvgIpc) is 2.46. The van der Waals surface area contributed by atoms with Crippen LogP contribution in [0.3, 0.4) is 0 Å². The molecular weight excluding hydrogens is 310 g/mol. The lowest BCUT2D eigenvalue weighted by Gasteiger charge is -2.12. The SMILES string of the molecule is COc1ccc(COc2ccncc2Br)c(OC)c1. The monoisotopic (exact) mass is 323 g/mol. The molecule has 0 aliphatic carbocycles. The van der Waals surface area contributed by atoms with E-state index in [4.69, 9.17) is 14.2 Å². The van der Waals surface area contributed by atoms with Crippen molar-refractivity contribution in [2.24, 2.45) is 0 Å². The number of rotatable bonds is 5. The first kappa shape index (κ1) is 13.7. The molecule has 0 aliphatic heterocycles. The van der Waals surface area contributed by atoms with E-state index in [1.807, 2.05) is 18.2 Å². The van der Waals surface area contributed by atoms with Crippen LogP contribution in [-0.4, -0.2) is 19.2 Å². The number of aromatic nitrogens is 1. The van der Waals surface area contributed by atoms with Crippen molar-refractivity contribution in [2.75, 3.05) is 14.2 Å². The summed E-state index contributed by atoms with van der Waals surface area (Å²) in [6.45, 7) is 0.412. The van der Waals surface area contributed by atoms with Gasteiger partial charge in [-0.05, 0) is 34.1 Å². The standard InChI is InChI=1S/C14H14BrNO3/c1-17-11-4-3-10(14(7-11)18-2)9-19-13-5-6-16-8-12(13)15/h3-8H,9H2,1-2H3. The van der Waals surface area contributed by atoms with Gasteiger partial charge in [-0.1, -0.05) is 0 Å². The molecule has 0 atom stereocenters. The lowest BCUT2D eigenvalue weighted by atomic mass is 10.2. The highest BCUT2D eigenvalue weighted by Gasteiger charge is 2.07. The molecule has 5 heteroatoms. The summed E-state index contributed by atoms with van der Waals surface area (Å²) in [4.78, 5) is 3.99. The van der Waals surface area contributed by atoms with Crippen LogP contribution in [0.2, 0.25) is 0 Å². The predicted molar refractivity (Wildman–Crippen MR) is 75.8 cm³/mol. The van der Waals surface area contributed by atoms with Gasteiger partial charge in [-0.15, -0.1) is 0 Å². The van der Waals surface area contributed by atoms with E-state index in [-0.39, 0.29) is 0 Å². The fraction of sp³-hybridized carbons (Fsp3) is 0.214. The molecule has 0 spiro atoms. The van der Waals surface area contributed by atoms with Crippen molar-refractivity contribution in [3.63, 3.8) is 0 Å². The molecule has 100 valence electrons. The van der Waals surface area contributed by atoms with Crippen LogP contribution in [-0.2, 0) is 6.61 Å². The number of benzene rings is 1. The summed E-state index contributed by atoms with van der Waals surface area (Å²) in [6.07, 6.45) is 3.38. The first-order valence-corrected chi connectivity index (χ1v) is 6.47. The molecular formula is C14H14BrNO3. The van der Waals surface area contributed by atoms with Crippen molar-refractivity contribution in [3.8, 4) is 17.2 Å². The van der Waals surface area contributed by atoms with Gasteiger partial charge in [0, 0.05) is 24.0 Å². The smallest absolute Gasteiger partial charge is 0.137 e. The summed E-state index contributed by atoms with van der Waals surface area (Å²) >= 11 is 3.39. The number of ether oxygens (including phenoxy) is 3. The van der Waals surface area contributed by atoms with E-state index in [0.29, 0.717) is 6.61 Å². The zero-order chi connectivity index (χ0) is 13.7. The Morgan fingerprint density at radius 2 is 1.95 bits per heavy atom. The van der Waals surface area contributed by atoms with E-state index in [0.717, 1.165) is 27.3 Å². The third-order valence-corrected chi connectivity index (χ3v) is 3.21. The van der Waals surface area contributed by atoms with Gasteiger partial charge in [0.05, 0.1) is 18.7 Å². The van der Waals surface area contributed by atoms with Gasteiger partial charge in [-0.2, -0.15) is 0 Å². The van der Waals surface area contributed by atoms with Crippen molar-refractivity contribution in [2.45, 2.75) is 6.61 Å². The lowest BCUT2D eigenvalue weighted by molar-refractivity contribution is 0.294. The van der Waals surface area contributed by atoms with Gasteiger partial charge >= 0.3 is 0 Å². The zero-order valence-electron chi connectivity index (χ0n) is 10.7. The van der Waals surface area contributed by atoms with E-state index in [1.54, 1.807) is 32.7 Å². The molecule has 2 aromatic rings. The molecule has 1 heterocycles. The minimum atomic E-state index is 0.412. The number of nitrogens with zero attached hydrogens (tertiary/aromatic N) is 1. The van der Waals surface area contributed by atoms with E-state index >= 15 is 0 Å². The van der Waals surface area contributed by atoms with E-state index in [9.17, 15) is 0 Å². The molecule has 2 rings (SSSR count). The quantitative estimate of drug-likeness (QED) is 0.845. The molecule has 4 nitrogen and oxygen atoms in total. The molecule has 0 fully saturated rings. The van der Waals surface area contributed by atoms with Crippen molar-refractivity contribution in [3.05, 3.63) is 46.7 Å². The van der Waals surface area contributed by atoms with Gasteiger partial charge in [0.2, 0.25) is 0 Å². The number of methoxy groups -OCH3 is 2. The maximum absolute atomic E-state index is 5.73. The first-order valence-electron chi connectivity index (χ1n) is 5.68. The Morgan fingerprint density at radius 1 is 1.11 bits per heavy atom. The zero-order valence-corrected chi connectivity index (χ0v) is 12.3. The van der Waals surface area contributed by atoms with Crippen molar-refractivity contribution < 1.29 is 14.2 Å². The second-order valence-corrected chi connectivity index (χ2v) is 4.63. The molecule has 0 saturated heterocycles. The molecule has 0 radical (unpaired) electrons. The Labute approximate surface area is 120 Å². The topological polar surface area (TPSA) is 40.6 Å². The molecule has 0 N–H and O–H groups in total. The Hall–Kier alpha value is -1.75. The second kappa shape index (κ2) is 6.43. The summed E-state index contributed by atoms with van der Waals surface area (Å²) in [5.74, 6) is 2.24. The first-order chi connectivity index (χ1) is 9.24. The summed E-state index contributed by atoms with van der Waals surface area (Å²) in [6, 6.07) is 7.44. The Morgan fingerprint density at radius 3 is 2.63 bits per heavy atom. The van der Waals surface area contributed by atoms with E-state index in [2.05, 4.69) is 20.9 Å². The van der Waals surface area contributed by atoms with Crippen molar-refractivity contribution in [1.29, 1.82) is 0 Å². The van der Waals surface area contributed by atoms with Crippen LogP contribution in [0.15, 0.2) is 41.1 Å². The fourth-order valence-corrected chi connectivity index (χ4v) is 1.97. The maximum atomic E-state index is 5.73. The van der Waals surface area contributed by atoms with Gasteiger partial charge < -0.3 is 14.2 Å². The van der Waals surface area contributed by atoms with Crippen LogP contribution in [0.5, 0.6) is 17.2 Å². The van der Waals surface area contributed by atoms with Crippen LogP contribution in [0, 0.1) is 0 Å². The molecule has 0 unspecified atom stereocenters. The maximum Gasteiger partial charge on any atom is 0.137 e. The molecule has 1 aromatic carbocycles. The van der Waals surface area contributed by atoms with Crippen LogP contribution < -0.4 is 14.2 Å². The van der Waals surface area contributed by atoms with Gasteiger partial charge in [-0.25, -0.2) is 0 Å². The second-order valence-electron chi connectivity index (χ2n) is 3.77.